The number of methoxy groups -OCH3 is 2. The van der Waals surface area contributed by atoms with Crippen LogP contribution in [-0.2, 0) is 14.3 Å². The van der Waals surface area contributed by atoms with E-state index in [1.165, 1.54) is 12.0 Å². The van der Waals surface area contributed by atoms with Gasteiger partial charge in [-0.1, -0.05) is 13.0 Å². The summed E-state index contributed by atoms with van der Waals surface area (Å²) in [6, 6.07) is 4.26. The van der Waals surface area contributed by atoms with Crippen LogP contribution in [0.25, 0.3) is 0 Å². The molecule has 1 N–H and O–H groups in total. The molecule has 10 nitrogen and oxygen atoms in total. The summed E-state index contributed by atoms with van der Waals surface area (Å²) in [6.07, 6.45) is 0.480. The van der Waals surface area contributed by atoms with E-state index < -0.39 is 12.0 Å². The molecule has 0 aliphatic carbocycles. The van der Waals surface area contributed by atoms with E-state index in [0.717, 1.165) is 0 Å². The van der Waals surface area contributed by atoms with Crippen LogP contribution in [0.2, 0.25) is 0 Å². The molecule has 1 saturated heterocycles. The van der Waals surface area contributed by atoms with Crippen molar-refractivity contribution < 1.29 is 28.6 Å². The third-order valence-corrected chi connectivity index (χ3v) is 6.21. The van der Waals surface area contributed by atoms with Gasteiger partial charge in [0.15, 0.2) is 11.5 Å². The Kier molecular flexibility index (Phi) is 8.38. The van der Waals surface area contributed by atoms with E-state index in [4.69, 9.17) is 14.2 Å². The molecule has 0 unspecified atom stereocenters. The Labute approximate surface area is 200 Å². The molecule has 2 aliphatic rings. The van der Waals surface area contributed by atoms with Crippen molar-refractivity contribution in [3.63, 3.8) is 0 Å². The summed E-state index contributed by atoms with van der Waals surface area (Å²) in [6.45, 7) is 6.74. The van der Waals surface area contributed by atoms with Gasteiger partial charge in [0.2, 0.25) is 5.91 Å². The van der Waals surface area contributed by atoms with Crippen LogP contribution in [0.15, 0.2) is 29.5 Å². The molecule has 0 aromatic heterocycles. The van der Waals surface area contributed by atoms with Gasteiger partial charge >= 0.3 is 12.0 Å². The van der Waals surface area contributed by atoms with Crippen LogP contribution in [0.1, 0.15) is 31.9 Å². The Bertz CT molecular complexity index is 955. The zero-order valence-electron chi connectivity index (χ0n) is 20.6. The van der Waals surface area contributed by atoms with Crippen molar-refractivity contribution in [2.75, 3.05) is 60.6 Å². The largest absolute Gasteiger partial charge is 0.493 e. The lowest BCUT2D eigenvalue weighted by Gasteiger charge is -2.39. The molecule has 0 bridgehead atoms. The maximum absolute atomic E-state index is 13.2. The lowest BCUT2D eigenvalue weighted by molar-refractivity contribution is -0.139. The second-order valence-electron chi connectivity index (χ2n) is 8.15. The summed E-state index contributed by atoms with van der Waals surface area (Å²) in [5, 5.41) is 2.92. The Morgan fingerprint density at radius 2 is 1.74 bits per heavy atom. The van der Waals surface area contributed by atoms with Crippen molar-refractivity contribution in [3.05, 3.63) is 35.0 Å². The predicted octanol–water partition coefficient (Wildman–Crippen LogP) is 1.77. The number of esters is 1. The van der Waals surface area contributed by atoms with Gasteiger partial charge in [-0.3, -0.25) is 14.6 Å². The van der Waals surface area contributed by atoms with Crippen LogP contribution in [0, 0.1) is 0 Å². The van der Waals surface area contributed by atoms with Gasteiger partial charge in [0.1, 0.15) is 0 Å². The SMILES string of the molecule is CCOC(=O)C1=C(CN2CCN(C(=O)CC)CC2)N(C)C(=O)N[C@H]1c1ccc(OC)c(OC)c1. The van der Waals surface area contributed by atoms with Crippen molar-refractivity contribution in [1.29, 1.82) is 0 Å². The first-order valence-corrected chi connectivity index (χ1v) is 11.5. The van der Waals surface area contributed by atoms with E-state index in [1.54, 1.807) is 39.3 Å². The van der Waals surface area contributed by atoms with Crippen LogP contribution in [0.5, 0.6) is 11.5 Å². The van der Waals surface area contributed by atoms with Crippen molar-refractivity contribution >= 4 is 17.9 Å². The number of nitrogens with zero attached hydrogens (tertiary/aromatic N) is 3. The zero-order chi connectivity index (χ0) is 24.8. The minimum absolute atomic E-state index is 0.133. The Balaban J connectivity index is 1.97. The van der Waals surface area contributed by atoms with E-state index in [9.17, 15) is 14.4 Å². The molecule has 0 radical (unpaired) electrons. The van der Waals surface area contributed by atoms with E-state index in [0.29, 0.717) is 67.5 Å². The van der Waals surface area contributed by atoms with Crippen LogP contribution in [0.3, 0.4) is 0 Å². The fourth-order valence-corrected chi connectivity index (χ4v) is 4.27. The van der Waals surface area contributed by atoms with Gasteiger partial charge in [-0.05, 0) is 24.6 Å². The number of piperazine rings is 1. The summed E-state index contributed by atoms with van der Waals surface area (Å²) in [7, 11) is 4.72. The van der Waals surface area contributed by atoms with Gasteiger partial charge in [0.05, 0.1) is 32.4 Å². The first-order valence-electron chi connectivity index (χ1n) is 11.5. The number of rotatable bonds is 8. The predicted molar refractivity (Wildman–Crippen MR) is 126 cm³/mol. The average Bonchev–Trinajstić information content (AvgIpc) is 2.86. The molecule has 0 spiro atoms. The number of carbonyl (C=O) groups is 3. The van der Waals surface area contributed by atoms with Gasteiger partial charge < -0.3 is 24.4 Å². The van der Waals surface area contributed by atoms with Gasteiger partial charge in [0.25, 0.3) is 0 Å². The quantitative estimate of drug-likeness (QED) is 0.573. The summed E-state index contributed by atoms with van der Waals surface area (Å²) < 4.78 is 16.1. The number of hydrogen-bond acceptors (Lipinski definition) is 7. The first-order chi connectivity index (χ1) is 16.3. The first kappa shape index (κ1) is 25.4. The van der Waals surface area contributed by atoms with E-state index in [2.05, 4.69) is 10.2 Å². The molecule has 10 heteroatoms. The van der Waals surface area contributed by atoms with E-state index in [1.807, 2.05) is 11.8 Å². The highest BCUT2D eigenvalue weighted by atomic mass is 16.5. The third-order valence-electron chi connectivity index (χ3n) is 6.21. The number of carbonyl (C=O) groups excluding carboxylic acids is 3. The summed E-state index contributed by atoms with van der Waals surface area (Å²) in [5.41, 5.74) is 1.64. The van der Waals surface area contributed by atoms with E-state index >= 15 is 0 Å². The van der Waals surface area contributed by atoms with Gasteiger partial charge in [0, 0.05) is 51.9 Å². The maximum Gasteiger partial charge on any atom is 0.338 e. The topological polar surface area (TPSA) is 101 Å². The highest BCUT2D eigenvalue weighted by Crippen LogP contribution is 2.36. The number of ether oxygens (including phenoxy) is 3. The van der Waals surface area contributed by atoms with Crippen molar-refractivity contribution in [2.45, 2.75) is 26.3 Å². The Morgan fingerprint density at radius 3 is 2.32 bits per heavy atom. The fraction of sp³-hybridized carbons (Fsp3) is 0.542. The van der Waals surface area contributed by atoms with Gasteiger partial charge in [-0.2, -0.15) is 0 Å². The molecule has 2 heterocycles. The van der Waals surface area contributed by atoms with Gasteiger partial charge in [-0.15, -0.1) is 0 Å². The molecule has 1 aromatic carbocycles. The number of amides is 3. The standard InChI is InChI=1S/C24H34N4O6/c1-6-20(29)28-12-10-27(11-13-28)15-17-21(23(30)34-7-2)22(25-24(31)26(17)3)16-8-9-18(32-4)19(14-16)33-5/h8-9,14,22H,6-7,10-13,15H2,1-5H3,(H,25,31)/t22-/m0/s1. The van der Waals surface area contributed by atoms with Crippen LogP contribution < -0.4 is 14.8 Å². The summed E-state index contributed by atoms with van der Waals surface area (Å²) in [4.78, 5) is 43.6. The molecule has 1 atom stereocenters. The maximum atomic E-state index is 13.2. The highest BCUT2D eigenvalue weighted by molar-refractivity contribution is 5.95. The molecule has 186 valence electrons. The number of likely N-dealkylation sites (N-methyl/N-ethyl adjacent to an activating group) is 1. The summed E-state index contributed by atoms with van der Waals surface area (Å²) >= 11 is 0. The number of nitrogens with one attached hydrogen (secondary N) is 1. The minimum Gasteiger partial charge on any atom is -0.493 e. The molecule has 34 heavy (non-hydrogen) atoms. The Morgan fingerprint density at radius 1 is 1.06 bits per heavy atom. The lowest BCUT2D eigenvalue weighted by atomic mass is 9.94. The fourth-order valence-electron chi connectivity index (χ4n) is 4.27. The molecular formula is C24H34N4O6. The molecule has 1 fully saturated rings. The molecule has 0 saturated carbocycles. The number of hydrogen-bond donors (Lipinski definition) is 1. The van der Waals surface area contributed by atoms with Crippen LogP contribution in [-0.4, -0.2) is 93.2 Å². The summed E-state index contributed by atoms with van der Waals surface area (Å²) in [5.74, 6) is 0.694. The smallest absolute Gasteiger partial charge is 0.338 e. The normalized spacial score (nSPS) is 19.1. The monoisotopic (exact) mass is 474 g/mol. The van der Waals surface area contributed by atoms with Crippen molar-refractivity contribution in [2.24, 2.45) is 0 Å². The molecule has 1 aromatic rings. The number of benzene rings is 1. The number of urea groups is 1. The molecule has 3 rings (SSSR count). The zero-order valence-corrected chi connectivity index (χ0v) is 20.6. The van der Waals surface area contributed by atoms with Crippen molar-refractivity contribution in [1.82, 2.24) is 20.0 Å². The lowest BCUT2D eigenvalue weighted by Crippen LogP contribution is -2.53. The van der Waals surface area contributed by atoms with Crippen LogP contribution >= 0.6 is 0 Å². The Hall–Kier alpha value is -3.27. The molecule has 3 amide bonds. The van der Waals surface area contributed by atoms with Gasteiger partial charge in [-0.25, -0.2) is 9.59 Å². The minimum atomic E-state index is -0.708. The average molecular weight is 475 g/mol. The second kappa shape index (κ2) is 11.2. The van der Waals surface area contributed by atoms with E-state index in [-0.39, 0.29) is 18.5 Å². The van der Waals surface area contributed by atoms with Crippen LogP contribution in [0.4, 0.5) is 4.79 Å². The third kappa shape index (κ3) is 5.27. The van der Waals surface area contributed by atoms with Crippen molar-refractivity contribution in [3.8, 4) is 11.5 Å². The second-order valence-corrected chi connectivity index (χ2v) is 8.15. The highest BCUT2D eigenvalue weighted by Gasteiger charge is 2.38. The molecule has 2 aliphatic heterocycles. The molecular weight excluding hydrogens is 440 g/mol.